The lowest BCUT2D eigenvalue weighted by molar-refractivity contribution is 1.18. The number of halogens is 1. The molecular weight excluding hydrogens is 695 g/mol. The van der Waals surface area contributed by atoms with Gasteiger partial charge in [-0.3, -0.25) is 0 Å². The molecule has 228 valence electrons. The van der Waals surface area contributed by atoms with E-state index < -0.39 is 0 Å². The Kier molecular flexibility index (Phi) is 8.02. The van der Waals surface area contributed by atoms with Gasteiger partial charge in [0.2, 0.25) is 0 Å². The highest BCUT2D eigenvalue weighted by Gasteiger charge is 2.16. The maximum absolute atomic E-state index is 2.67. The fraction of sp³-hybridized carbons (Fsp3) is 0.0222. The Morgan fingerprint density at radius 2 is 0.792 bits per heavy atom. The van der Waals surface area contributed by atoms with Crippen LogP contribution in [0.5, 0.6) is 0 Å². The van der Waals surface area contributed by atoms with E-state index in [9.17, 15) is 0 Å². The molecule has 0 spiro atoms. The zero-order valence-electron chi connectivity index (χ0n) is 26.4. The van der Waals surface area contributed by atoms with Crippen molar-refractivity contribution >= 4 is 66.2 Å². The van der Waals surface area contributed by atoms with Crippen LogP contribution in [0.1, 0.15) is 6.92 Å². The van der Waals surface area contributed by atoms with Crippen molar-refractivity contribution < 1.29 is 0 Å². The molecule has 0 radical (unpaired) electrons. The van der Waals surface area contributed by atoms with Gasteiger partial charge in [0.25, 0.3) is 0 Å². The van der Waals surface area contributed by atoms with Crippen molar-refractivity contribution in [2.45, 2.75) is 6.92 Å². The number of para-hydroxylation sites is 3. The van der Waals surface area contributed by atoms with Crippen LogP contribution < -0.4 is 0 Å². The van der Waals surface area contributed by atoms with Gasteiger partial charge in [0.1, 0.15) is 0 Å². The maximum Gasteiger partial charge on any atom is 0.0541 e. The first-order chi connectivity index (χ1) is 23.7. The van der Waals surface area contributed by atoms with E-state index in [1.54, 1.807) is 0 Å². The molecule has 0 atom stereocenters. The molecule has 0 N–H and O–H groups in total. The number of benzene rings is 7. The molecule has 0 fully saturated rings. The third-order valence-corrected chi connectivity index (χ3v) is 9.54. The molecule has 9 rings (SSSR count). The van der Waals surface area contributed by atoms with Gasteiger partial charge in [-0.25, -0.2) is 0 Å². The van der Waals surface area contributed by atoms with Gasteiger partial charge in [0.05, 0.1) is 22.1 Å². The monoisotopic (exact) mass is 726 g/mol. The fourth-order valence-corrected chi connectivity index (χ4v) is 6.89. The third-order valence-electron chi connectivity index (χ3n) is 9.00. The van der Waals surface area contributed by atoms with Crippen LogP contribution in [0.15, 0.2) is 170 Å². The Morgan fingerprint density at radius 3 is 1.35 bits per heavy atom. The van der Waals surface area contributed by atoms with Gasteiger partial charge in [-0.1, -0.05) is 115 Å². The minimum atomic E-state index is 1.17. The van der Waals surface area contributed by atoms with E-state index in [2.05, 4.69) is 189 Å². The summed E-state index contributed by atoms with van der Waals surface area (Å²) in [4.78, 5) is 0. The summed E-state index contributed by atoms with van der Waals surface area (Å²) in [6.07, 6.45) is 0. The van der Waals surface area contributed by atoms with Crippen LogP contribution in [0.2, 0.25) is 0 Å². The summed E-state index contributed by atoms with van der Waals surface area (Å²) >= 11 is 1.99. The summed E-state index contributed by atoms with van der Waals surface area (Å²) in [5.74, 6) is 2.67. The zero-order chi connectivity index (χ0) is 32.5. The van der Waals surface area contributed by atoms with Gasteiger partial charge in [-0.05, 0) is 93.8 Å². The second-order valence-electron chi connectivity index (χ2n) is 11.8. The van der Waals surface area contributed by atoms with Crippen molar-refractivity contribution in [2.24, 2.45) is 0 Å². The predicted octanol–water partition coefficient (Wildman–Crippen LogP) is 12.6. The Morgan fingerprint density at radius 1 is 0.375 bits per heavy atom. The minimum Gasteiger partial charge on any atom is -0.309 e. The zero-order valence-corrected chi connectivity index (χ0v) is 28.6. The lowest BCUT2D eigenvalue weighted by Gasteiger charge is -2.11. The van der Waals surface area contributed by atoms with Crippen LogP contribution in [0.4, 0.5) is 0 Å². The van der Waals surface area contributed by atoms with E-state index in [1.807, 2.05) is 29.5 Å². The number of fused-ring (bicyclic) bond motifs is 6. The molecule has 0 saturated carbocycles. The number of aromatic nitrogens is 2. The van der Waals surface area contributed by atoms with Gasteiger partial charge < -0.3 is 9.13 Å². The molecule has 3 heteroatoms. The van der Waals surface area contributed by atoms with E-state index in [-0.39, 0.29) is 0 Å². The molecular formula is C45H31IN2. The summed E-state index contributed by atoms with van der Waals surface area (Å²) in [7, 11) is 0. The lowest BCUT2D eigenvalue weighted by atomic mass is 10.0. The first-order valence-electron chi connectivity index (χ1n) is 16.1. The number of nitrogens with zero attached hydrogens (tertiary/aromatic N) is 2. The molecule has 0 aliphatic rings. The Balaban J connectivity index is 0.000000799. The van der Waals surface area contributed by atoms with E-state index >= 15 is 0 Å². The highest BCUT2D eigenvalue weighted by molar-refractivity contribution is 14.1. The summed E-state index contributed by atoms with van der Waals surface area (Å²) in [5, 5.41) is 5.05. The van der Waals surface area contributed by atoms with Gasteiger partial charge in [0.15, 0.2) is 0 Å². The molecule has 0 unspecified atom stereocenters. The third kappa shape index (κ3) is 5.25. The topological polar surface area (TPSA) is 9.86 Å². The number of hydrogen-bond acceptors (Lipinski definition) is 0. The van der Waals surface area contributed by atoms with Crippen molar-refractivity contribution in [1.29, 1.82) is 0 Å². The maximum atomic E-state index is 2.67. The molecule has 0 aliphatic carbocycles. The fourth-order valence-electron chi connectivity index (χ4n) is 6.89. The average Bonchev–Trinajstić information content (AvgIpc) is 3.68. The normalized spacial score (nSPS) is 11.0. The number of rotatable bonds is 4. The van der Waals surface area contributed by atoms with E-state index in [4.69, 9.17) is 0 Å². The summed E-state index contributed by atoms with van der Waals surface area (Å²) in [6.45, 7) is 1.81. The van der Waals surface area contributed by atoms with Crippen LogP contribution in [-0.4, -0.2) is 9.13 Å². The van der Waals surface area contributed by atoms with Crippen molar-refractivity contribution in [1.82, 2.24) is 9.13 Å². The van der Waals surface area contributed by atoms with Crippen molar-refractivity contribution in [3.8, 4) is 43.5 Å². The molecule has 2 heterocycles. The van der Waals surface area contributed by atoms with Gasteiger partial charge in [-0.2, -0.15) is 0 Å². The molecule has 0 aliphatic heterocycles. The highest BCUT2D eigenvalue weighted by atomic mass is 127. The number of hydrogen-bond donors (Lipinski definition) is 0. The second-order valence-corrected chi connectivity index (χ2v) is 12.3. The smallest absolute Gasteiger partial charge is 0.0541 e. The Labute approximate surface area is 294 Å². The van der Waals surface area contributed by atoms with Crippen molar-refractivity contribution in [2.75, 3.05) is 0 Å². The SMILES string of the molecule is CC#CI.c1ccc(-c2cccc(-n3c4ccccc4c4cc(-c5ccc6c(c5)c5ccccc5n6-c5ccccc5)ccc43)c2)cc1. The quantitative estimate of drug-likeness (QED) is 0.126. The molecule has 2 nitrogen and oxygen atoms in total. The van der Waals surface area contributed by atoms with Crippen LogP contribution in [0, 0.1) is 9.85 Å². The first-order valence-corrected chi connectivity index (χ1v) is 17.1. The Hall–Kier alpha value is -5.57. The molecule has 2 aromatic heterocycles. The summed E-state index contributed by atoms with van der Waals surface area (Å²) in [5.41, 5.74) is 12.1. The Bertz CT molecular complexity index is 2630. The summed E-state index contributed by atoms with van der Waals surface area (Å²) < 4.78 is 7.42. The predicted molar refractivity (Wildman–Crippen MR) is 213 cm³/mol. The molecule has 48 heavy (non-hydrogen) atoms. The summed E-state index contributed by atoms with van der Waals surface area (Å²) in [6, 6.07) is 61.4. The van der Waals surface area contributed by atoms with E-state index in [0.717, 1.165) is 0 Å². The largest absolute Gasteiger partial charge is 0.309 e. The molecule has 0 bridgehead atoms. The van der Waals surface area contributed by atoms with E-state index in [0.29, 0.717) is 0 Å². The molecule has 0 amide bonds. The average molecular weight is 727 g/mol. The lowest BCUT2D eigenvalue weighted by Crippen LogP contribution is -1.94. The van der Waals surface area contributed by atoms with Crippen LogP contribution in [0.25, 0.3) is 77.2 Å². The van der Waals surface area contributed by atoms with E-state index in [1.165, 1.54) is 77.2 Å². The van der Waals surface area contributed by atoms with Crippen molar-refractivity contribution in [3.63, 3.8) is 0 Å². The highest BCUT2D eigenvalue weighted by Crippen LogP contribution is 2.38. The van der Waals surface area contributed by atoms with Crippen LogP contribution in [-0.2, 0) is 0 Å². The van der Waals surface area contributed by atoms with Gasteiger partial charge in [0, 0.05) is 55.5 Å². The van der Waals surface area contributed by atoms with Crippen molar-refractivity contribution in [3.05, 3.63) is 170 Å². The molecule has 0 saturated heterocycles. The minimum absolute atomic E-state index is 1.17. The molecule has 9 aromatic rings. The standard InChI is InChI=1S/C42H28N2.C3H3I/c1-3-12-29(13-4-1)30-14-11-17-34(26-30)44-40-21-10-8-19-36(40)38-28-32(23-25-42(38)44)31-22-24-41-37(27-31)35-18-7-9-20-39(35)43(41)33-15-5-2-6-16-33;1-2-3-4/h1-28H;1H3. The first kappa shape index (κ1) is 29.8. The molecule has 7 aromatic carbocycles. The second kappa shape index (κ2) is 12.9. The van der Waals surface area contributed by atoms with Gasteiger partial charge >= 0.3 is 0 Å². The van der Waals surface area contributed by atoms with Gasteiger partial charge in [-0.15, -0.1) is 0 Å². The van der Waals surface area contributed by atoms with Crippen LogP contribution in [0.3, 0.4) is 0 Å². The van der Waals surface area contributed by atoms with Crippen LogP contribution >= 0.6 is 22.6 Å².